The minimum Gasteiger partial charge on any atom is -0.488 e. The molecule has 0 spiro atoms. The molecule has 0 saturated carbocycles. The van der Waals surface area contributed by atoms with Crippen molar-refractivity contribution < 1.29 is 4.74 Å². The quantitative estimate of drug-likeness (QED) is 0.343. The van der Waals surface area contributed by atoms with Gasteiger partial charge in [0, 0.05) is 36.8 Å². The highest BCUT2D eigenvalue weighted by atomic mass is 31.1. The molecule has 0 saturated heterocycles. The van der Waals surface area contributed by atoms with Crippen LogP contribution < -0.4 is 20.2 Å². The third kappa shape index (κ3) is 5.54. The summed E-state index contributed by atoms with van der Waals surface area (Å²) in [7, 11) is 4.72. The molecular weight excluding hydrogens is 397 g/mol. The number of rotatable bonds is 8. The van der Waals surface area contributed by atoms with E-state index >= 15 is 0 Å². The lowest BCUT2D eigenvalue weighted by atomic mass is 10.0. The van der Waals surface area contributed by atoms with E-state index in [2.05, 4.69) is 116 Å². The average Bonchev–Trinajstić information content (AvgIpc) is 2.80. The zero-order valence-electron chi connectivity index (χ0n) is 18.1. The van der Waals surface area contributed by atoms with Gasteiger partial charge >= 0.3 is 0 Å². The highest BCUT2D eigenvalue weighted by Gasteiger charge is 2.14. The van der Waals surface area contributed by atoms with E-state index in [-0.39, 0.29) is 0 Å². The van der Waals surface area contributed by atoms with Crippen LogP contribution in [0.1, 0.15) is 16.7 Å². The van der Waals surface area contributed by atoms with Crippen molar-refractivity contribution in [1.29, 1.82) is 0 Å². The molecule has 1 unspecified atom stereocenters. The Hall–Kier alpha value is -3.09. The Morgan fingerprint density at radius 1 is 0.645 bits per heavy atom. The van der Waals surface area contributed by atoms with Gasteiger partial charge in [0.15, 0.2) is 0 Å². The van der Waals surface area contributed by atoms with Gasteiger partial charge in [-0.2, -0.15) is 0 Å². The van der Waals surface area contributed by atoms with Crippen molar-refractivity contribution in [2.24, 2.45) is 0 Å². The second-order valence-electron chi connectivity index (χ2n) is 7.77. The van der Waals surface area contributed by atoms with Crippen LogP contribution in [0.4, 0.5) is 5.69 Å². The van der Waals surface area contributed by atoms with Crippen molar-refractivity contribution in [2.75, 3.05) is 19.0 Å². The molecule has 0 heterocycles. The van der Waals surface area contributed by atoms with Crippen LogP contribution in [-0.2, 0) is 13.0 Å². The highest BCUT2D eigenvalue weighted by Crippen LogP contribution is 2.29. The molecule has 156 valence electrons. The van der Waals surface area contributed by atoms with Crippen molar-refractivity contribution in [3.8, 4) is 5.75 Å². The van der Waals surface area contributed by atoms with Gasteiger partial charge in [-0.3, -0.25) is 0 Å². The summed E-state index contributed by atoms with van der Waals surface area (Å²) in [6.45, 7) is 0.569. The molecule has 4 aromatic carbocycles. The van der Waals surface area contributed by atoms with Crippen LogP contribution in [0.2, 0.25) is 0 Å². The van der Waals surface area contributed by atoms with Crippen molar-refractivity contribution in [1.82, 2.24) is 0 Å². The maximum Gasteiger partial charge on any atom is 0.131 e. The van der Waals surface area contributed by atoms with Crippen LogP contribution in [0.5, 0.6) is 5.75 Å². The maximum absolute atomic E-state index is 6.49. The molecule has 1 atom stereocenters. The van der Waals surface area contributed by atoms with E-state index < -0.39 is 0 Å². The fourth-order valence-electron chi connectivity index (χ4n) is 3.65. The predicted molar refractivity (Wildman–Crippen MR) is 135 cm³/mol. The summed E-state index contributed by atoms with van der Waals surface area (Å²) >= 11 is 0. The predicted octanol–water partition coefficient (Wildman–Crippen LogP) is 5.55. The van der Waals surface area contributed by atoms with Crippen molar-refractivity contribution >= 4 is 24.9 Å². The van der Waals surface area contributed by atoms with E-state index in [4.69, 9.17) is 4.74 Å². The lowest BCUT2D eigenvalue weighted by Gasteiger charge is -2.20. The molecule has 31 heavy (non-hydrogen) atoms. The molecule has 4 aromatic rings. The van der Waals surface area contributed by atoms with Crippen LogP contribution in [-0.4, -0.2) is 14.1 Å². The molecule has 0 aliphatic heterocycles. The van der Waals surface area contributed by atoms with Crippen LogP contribution in [0.3, 0.4) is 0 Å². The number of hydrogen-bond acceptors (Lipinski definition) is 2. The summed E-state index contributed by atoms with van der Waals surface area (Å²) < 4.78 is 6.49. The minimum atomic E-state index is 0.525. The summed E-state index contributed by atoms with van der Waals surface area (Å²) in [6, 6.07) is 36.2. The first-order chi connectivity index (χ1) is 15.2. The second kappa shape index (κ2) is 10.3. The van der Waals surface area contributed by atoms with Gasteiger partial charge in [-0.25, -0.2) is 0 Å². The first-order valence-electron chi connectivity index (χ1n) is 10.6. The van der Waals surface area contributed by atoms with Gasteiger partial charge < -0.3 is 9.64 Å². The summed E-state index contributed by atoms with van der Waals surface area (Å²) in [5.74, 6) is 1.02. The zero-order valence-corrected chi connectivity index (χ0v) is 19.1. The number of hydrogen-bond donors (Lipinski definition) is 0. The smallest absolute Gasteiger partial charge is 0.131 e. The monoisotopic (exact) mass is 425 g/mol. The van der Waals surface area contributed by atoms with E-state index in [0.717, 1.165) is 12.2 Å². The molecule has 0 bridgehead atoms. The molecule has 4 rings (SSSR count). The van der Waals surface area contributed by atoms with Gasteiger partial charge in [-0.05, 0) is 22.8 Å². The van der Waals surface area contributed by atoms with Gasteiger partial charge in [0.2, 0.25) is 0 Å². The molecule has 0 fully saturated rings. The van der Waals surface area contributed by atoms with E-state index in [9.17, 15) is 0 Å². The van der Waals surface area contributed by atoms with Gasteiger partial charge in [-0.15, -0.1) is 0 Å². The Kier molecular flexibility index (Phi) is 7.02. The number of nitrogens with zero attached hydrogens (tertiary/aromatic N) is 1. The Bertz CT molecular complexity index is 1110. The van der Waals surface area contributed by atoms with Gasteiger partial charge in [0.25, 0.3) is 0 Å². The summed E-state index contributed by atoms with van der Waals surface area (Å²) in [6.07, 6.45) is 0.860. The number of benzene rings is 4. The van der Waals surface area contributed by atoms with E-state index in [1.807, 2.05) is 6.07 Å². The fourth-order valence-corrected chi connectivity index (χ4v) is 5.08. The lowest BCUT2D eigenvalue weighted by molar-refractivity contribution is 0.306. The average molecular weight is 426 g/mol. The lowest BCUT2D eigenvalue weighted by Crippen LogP contribution is -2.18. The van der Waals surface area contributed by atoms with E-state index in [1.54, 1.807) is 0 Å². The number of anilines is 1. The van der Waals surface area contributed by atoms with Crippen molar-refractivity contribution in [2.45, 2.75) is 13.0 Å². The number of ether oxygens (including phenoxy) is 1. The standard InChI is InChI=1S/C28H28NOP/c1-29(2)25-17-9-10-18-26(25)31-27-19-11-16-24(20-22-12-5-3-6-13-22)28(27)30-21-23-14-7-4-8-15-23/h3-19,31H,20-21H2,1-2H3. The third-order valence-electron chi connectivity index (χ3n) is 5.22. The first-order valence-corrected chi connectivity index (χ1v) is 11.6. The highest BCUT2D eigenvalue weighted by molar-refractivity contribution is 7.56. The van der Waals surface area contributed by atoms with Gasteiger partial charge in [-0.1, -0.05) is 106 Å². The molecule has 0 radical (unpaired) electrons. The van der Waals surface area contributed by atoms with Crippen LogP contribution >= 0.6 is 8.58 Å². The third-order valence-corrected chi connectivity index (χ3v) is 6.57. The van der Waals surface area contributed by atoms with Gasteiger partial charge in [0.1, 0.15) is 12.4 Å². The topological polar surface area (TPSA) is 12.5 Å². The molecule has 3 heteroatoms. The Labute approximate surface area is 187 Å². The van der Waals surface area contributed by atoms with Gasteiger partial charge in [0.05, 0.1) is 0 Å². The summed E-state index contributed by atoms with van der Waals surface area (Å²) in [5, 5.41) is 2.58. The maximum atomic E-state index is 6.49. The van der Waals surface area contributed by atoms with Crippen LogP contribution in [0, 0.1) is 0 Å². The summed E-state index contributed by atoms with van der Waals surface area (Å²) in [4.78, 5) is 2.18. The Balaban J connectivity index is 1.69. The Morgan fingerprint density at radius 2 is 1.26 bits per heavy atom. The number of para-hydroxylation sites is 2. The van der Waals surface area contributed by atoms with Crippen LogP contribution in [0.25, 0.3) is 0 Å². The van der Waals surface area contributed by atoms with E-state index in [1.165, 1.54) is 33.0 Å². The minimum absolute atomic E-state index is 0.525. The first kappa shape index (κ1) is 21.2. The Morgan fingerprint density at radius 3 is 1.97 bits per heavy atom. The fraction of sp³-hybridized carbons (Fsp3) is 0.143. The molecule has 0 aliphatic rings. The van der Waals surface area contributed by atoms with E-state index in [0.29, 0.717) is 15.2 Å². The largest absolute Gasteiger partial charge is 0.488 e. The molecule has 0 aromatic heterocycles. The zero-order chi connectivity index (χ0) is 21.5. The van der Waals surface area contributed by atoms with Crippen molar-refractivity contribution in [3.63, 3.8) is 0 Å². The molecule has 0 aliphatic carbocycles. The SMILES string of the molecule is CN(C)c1ccccc1Pc1cccc(Cc2ccccc2)c1OCc1ccccc1. The molecular formula is C28H28NOP. The normalized spacial score (nSPS) is 11.0. The molecule has 0 amide bonds. The summed E-state index contributed by atoms with van der Waals surface area (Å²) in [5.41, 5.74) is 4.96. The van der Waals surface area contributed by atoms with Crippen LogP contribution in [0.15, 0.2) is 103 Å². The van der Waals surface area contributed by atoms with Crippen molar-refractivity contribution in [3.05, 3.63) is 120 Å². The molecule has 0 N–H and O–H groups in total. The second-order valence-corrected chi connectivity index (χ2v) is 9.09. The molecule has 2 nitrogen and oxygen atoms in total.